The molecular formula is C17H12FN5O2S. The fourth-order valence-corrected chi connectivity index (χ4v) is 2.93. The molecule has 0 saturated heterocycles. The molecule has 130 valence electrons. The number of benzene rings is 1. The molecule has 0 amide bonds. The molecule has 4 aromatic rings. The molecule has 0 N–H and O–H groups in total. The number of pyridine rings is 1. The van der Waals surface area contributed by atoms with Crippen LogP contribution in [-0.2, 0) is 0 Å². The van der Waals surface area contributed by atoms with Gasteiger partial charge in [0, 0.05) is 18.0 Å². The maximum Gasteiger partial charge on any atom is 0.277 e. The van der Waals surface area contributed by atoms with Gasteiger partial charge in [0.25, 0.3) is 11.1 Å². The zero-order chi connectivity index (χ0) is 17.9. The Bertz CT molecular complexity index is 1020. The van der Waals surface area contributed by atoms with E-state index in [4.69, 9.17) is 8.94 Å². The topological polar surface area (TPSA) is 90.7 Å². The van der Waals surface area contributed by atoms with Crippen LogP contribution in [0.5, 0.6) is 0 Å². The number of halogens is 1. The molecule has 0 unspecified atom stereocenters. The average Bonchev–Trinajstić information content (AvgIpc) is 3.33. The van der Waals surface area contributed by atoms with Crippen LogP contribution in [0.4, 0.5) is 4.39 Å². The molecule has 9 heteroatoms. The standard InChI is InChI=1S/C17H12FN5O2S/c1-10(15-20-14(23-25-15)11-5-4-8-19-9-11)26-17-22-21-16(24-17)12-6-2-3-7-13(12)18/h2-10H,1H3/t10-/m0/s1. The maximum absolute atomic E-state index is 13.8. The smallest absolute Gasteiger partial charge is 0.277 e. The lowest BCUT2D eigenvalue weighted by Crippen LogP contribution is -1.89. The first-order valence-corrected chi connectivity index (χ1v) is 8.58. The highest BCUT2D eigenvalue weighted by Crippen LogP contribution is 2.35. The number of hydrogen-bond donors (Lipinski definition) is 0. The van der Waals surface area contributed by atoms with Gasteiger partial charge in [-0.15, -0.1) is 10.2 Å². The van der Waals surface area contributed by atoms with Crippen LogP contribution in [0.3, 0.4) is 0 Å². The minimum Gasteiger partial charge on any atom is -0.411 e. The molecule has 1 aromatic carbocycles. The first kappa shape index (κ1) is 16.4. The molecule has 0 aliphatic rings. The van der Waals surface area contributed by atoms with Crippen molar-refractivity contribution in [2.45, 2.75) is 17.4 Å². The zero-order valence-electron chi connectivity index (χ0n) is 13.5. The summed E-state index contributed by atoms with van der Waals surface area (Å²) in [5.74, 6) is 0.579. The molecule has 4 rings (SSSR count). The molecule has 0 aliphatic carbocycles. The molecule has 0 fully saturated rings. The summed E-state index contributed by atoms with van der Waals surface area (Å²) in [6, 6.07) is 9.87. The number of aromatic nitrogens is 5. The van der Waals surface area contributed by atoms with E-state index in [1.54, 1.807) is 36.7 Å². The summed E-state index contributed by atoms with van der Waals surface area (Å²) in [7, 11) is 0. The first-order valence-electron chi connectivity index (χ1n) is 7.70. The summed E-state index contributed by atoms with van der Waals surface area (Å²) >= 11 is 1.25. The van der Waals surface area contributed by atoms with Crippen LogP contribution in [0.2, 0.25) is 0 Å². The van der Waals surface area contributed by atoms with Crippen molar-refractivity contribution in [3.63, 3.8) is 0 Å². The van der Waals surface area contributed by atoms with E-state index in [9.17, 15) is 4.39 Å². The molecule has 26 heavy (non-hydrogen) atoms. The van der Waals surface area contributed by atoms with Crippen LogP contribution in [-0.4, -0.2) is 25.3 Å². The molecule has 1 atom stereocenters. The molecule has 3 aromatic heterocycles. The number of nitrogens with zero attached hydrogens (tertiary/aromatic N) is 5. The van der Waals surface area contributed by atoms with Crippen molar-refractivity contribution in [1.82, 2.24) is 25.3 Å². The van der Waals surface area contributed by atoms with Gasteiger partial charge < -0.3 is 8.94 Å². The van der Waals surface area contributed by atoms with Crippen LogP contribution in [0.1, 0.15) is 18.1 Å². The third kappa shape index (κ3) is 3.33. The maximum atomic E-state index is 13.8. The Morgan fingerprint density at radius 1 is 1.12 bits per heavy atom. The lowest BCUT2D eigenvalue weighted by Gasteiger charge is -2.01. The van der Waals surface area contributed by atoms with E-state index < -0.39 is 5.82 Å². The molecule has 0 aliphatic heterocycles. The number of rotatable bonds is 5. The van der Waals surface area contributed by atoms with Crippen molar-refractivity contribution in [1.29, 1.82) is 0 Å². The third-order valence-corrected chi connectivity index (χ3v) is 4.42. The third-order valence-electron chi connectivity index (χ3n) is 3.50. The van der Waals surface area contributed by atoms with E-state index in [0.29, 0.717) is 11.7 Å². The fraction of sp³-hybridized carbons (Fsp3) is 0.118. The highest BCUT2D eigenvalue weighted by molar-refractivity contribution is 7.99. The average molecular weight is 369 g/mol. The van der Waals surface area contributed by atoms with Crippen LogP contribution in [0, 0.1) is 5.82 Å². The van der Waals surface area contributed by atoms with Crippen molar-refractivity contribution in [2.24, 2.45) is 0 Å². The lowest BCUT2D eigenvalue weighted by atomic mass is 10.2. The summed E-state index contributed by atoms with van der Waals surface area (Å²) in [4.78, 5) is 8.40. The molecule has 0 spiro atoms. The summed E-state index contributed by atoms with van der Waals surface area (Å²) < 4.78 is 24.6. The van der Waals surface area contributed by atoms with Gasteiger partial charge in [0.2, 0.25) is 11.7 Å². The Morgan fingerprint density at radius 3 is 2.81 bits per heavy atom. The Hall–Kier alpha value is -3.07. The highest BCUT2D eigenvalue weighted by Gasteiger charge is 2.20. The van der Waals surface area contributed by atoms with Crippen molar-refractivity contribution >= 4 is 11.8 Å². The van der Waals surface area contributed by atoms with Gasteiger partial charge in [-0.3, -0.25) is 4.98 Å². The van der Waals surface area contributed by atoms with Gasteiger partial charge in [-0.2, -0.15) is 4.98 Å². The van der Waals surface area contributed by atoms with E-state index in [1.807, 2.05) is 13.0 Å². The van der Waals surface area contributed by atoms with Gasteiger partial charge in [0.1, 0.15) is 5.82 Å². The Labute approximate surface area is 151 Å². The largest absolute Gasteiger partial charge is 0.411 e. The van der Waals surface area contributed by atoms with Crippen molar-refractivity contribution < 1.29 is 13.3 Å². The van der Waals surface area contributed by atoms with E-state index in [1.165, 1.54) is 17.8 Å². The van der Waals surface area contributed by atoms with Crippen molar-refractivity contribution in [3.05, 3.63) is 60.5 Å². The van der Waals surface area contributed by atoms with Gasteiger partial charge in [-0.05, 0) is 31.2 Å². The summed E-state index contributed by atoms with van der Waals surface area (Å²) in [5.41, 5.74) is 1.02. The predicted octanol–water partition coefficient (Wildman–Crippen LogP) is 4.17. The molecule has 7 nitrogen and oxygen atoms in total. The Kier molecular flexibility index (Phi) is 4.44. The van der Waals surface area contributed by atoms with Crippen molar-refractivity contribution in [3.8, 4) is 22.8 Å². The van der Waals surface area contributed by atoms with E-state index in [-0.39, 0.29) is 21.9 Å². The second kappa shape index (κ2) is 7.04. The predicted molar refractivity (Wildman–Crippen MR) is 91.5 cm³/mol. The highest BCUT2D eigenvalue weighted by atomic mass is 32.2. The normalized spacial score (nSPS) is 12.2. The molecule has 3 heterocycles. The van der Waals surface area contributed by atoms with Crippen LogP contribution >= 0.6 is 11.8 Å². The van der Waals surface area contributed by atoms with E-state index in [2.05, 4.69) is 25.3 Å². The van der Waals surface area contributed by atoms with E-state index in [0.717, 1.165) is 5.56 Å². The molecular weight excluding hydrogens is 357 g/mol. The second-order valence-corrected chi connectivity index (χ2v) is 6.60. The van der Waals surface area contributed by atoms with Gasteiger partial charge in [-0.1, -0.05) is 29.1 Å². The Morgan fingerprint density at radius 2 is 2.00 bits per heavy atom. The van der Waals surface area contributed by atoms with Gasteiger partial charge in [0.05, 0.1) is 10.8 Å². The number of thioether (sulfide) groups is 1. The van der Waals surface area contributed by atoms with Crippen LogP contribution in [0.25, 0.3) is 22.8 Å². The summed E-state index contributed by atoms with van der Waals surface area (Å²) in [5, 5.41) is 11.9. The molecule has 0 radical (unpaired) electrons. The van der Waals surface area contributed by atoms with Gasteiger partial charge in [-0.25, -0.2) is 4.39 Å². The monoisotopic (exact) mass is 369 g/mol. The summed E-state index contributed by atoms with van der Waals surface area (Å²) in [6.45, 7) is 1.87. The Balaban J connectivity index is 1.50. The molecule has 0 bridgehead atoms. The zero-order valence-corrected chi connectivity index (χ0v) is 14.4. The minimum atomic E-state index is -0.418. The lowest BCUT2D eigenvalue weighted by molar-refractivity contribution is 0.379. The number of hydrogen-bond acceptors (Lipinski definition) is 8. The first-order chi connectivity index (χ1) is 12.7. The van der Waals surface area contributed by atoms with Gasteiger partial charge in [0.15, 0.2) is 0 Å². The minimum absolute atomic E-state index is 0.124. The summed E-state index contributed by atoms with van der Waals surface area (Å²) in [6.07, 6.45) is 3.33. The van der Waals surface area contributed by atoms with Crippen LogP contribution < -0.4 is 0 Å². The fourth-order valence-electron chi connectivity index (χ4n) is 2.22. The van der Waals surface area contributed by atoms with Crippen molar-refractivity contribution in [2.75, 3.05) is 0 Å². The van der Waals surface area contributed by atoms with E-state index >= 15 is 0 Å². The van der Waals surface area contributed by atoms with Gasteiger partial charge >= 0.3 is 0 Å². The SMILES string of the molecule is C[C@H](Sc1nnc(-c2ccccc2F)o1)c1nc(-c2cccnc2)no1. The second-order valence-electron chi connectivity index (χ2n) is 5.31. The quantitative estimate of drug-likeness (QED) is 0.484. The molecule has 0 saturated carbocycles. The van der Waals surface area contributed by atoms with Crippen LogP contribution in [0.15, 0.2) is 63.0 Å².